The number of nitrogens with zero attached hydrogens (tertiary/aromatic N) is 2. The lowest BCUT2D eigenvalue weighted by Crippen LogP contribution is -2.24. The number of thiophene rings is 2. The SMILES string of the molecule is Cc1nc2ccccn2c1C(=O)NCc1ccc(C(=O)c2ccsc2)s1. The Kier molecular flexibility index (Phi) is 4.40. The van der Waals surface area contributed by atoms with Crippen molar-refractivity contribution < 1.29 is 9.59 Å². The number of carbonyl (C=O) groups excluding carboxylic acids is 2. The van der Waals surface area contributed by atoms with Crippen LogP contribution in [0.4, 0.5) is 0 Å². The van der Waals surface area contributed by atoms with Crippen LogP contribution in [0, 0.1) is 6.92 Å². The summed E-state index contributed by atoms with van der Waals surface area (Å²) in [5, 5.41) is 6.66. The number of ketones is 1. The van der Waals surface area contributed by atoms with E-state index in [0.29, 0.717) is 28.4 Å². The lowest BCUT2D eigenvalue weighted by molar-refractivity contribution is 0.0944. The molecule has 7 heteroatoms. The Bertz CT molecular complexity index is 1090. The second-order valence-corrected chi connectivity index (χ2v) is 7.71. The largest absolute Gasteiger partial charge is 0.346 e. The van der Waals surface area contributed by atoms with Crippen LogP contribution in [0.1, 0.15) is 36.3 Å². The van der Waals surface area contributed by atoms with Gasteiger partial charge in [0.05, 0.1) is 17.1 Å². The van der Waals surface area contributed by atoms with Crippen molar-refractivity contribution in [1.82, 2.24) is 14.7 Å². The van der Waals surface area contributed by atoms with Crippen LogP contribution in [0.3, 0.4) is 0 Å². The molecule has 0 spiro atoms. The number of aromatic nitrogens is 2. The second-order valence-electron chi connectivity index (χ2n) is 5.76. The number of rotatable bonds is 5. The topological polar surface area (TPSA) is 63.5 Å². The highest BCUT2D eigenvalue weighted by atomic mass is 32.1. The average molecular weight is 381 g/mol. The van der Waals surface area contributed by atoms with Crippen molar-refractivity contribution in [3.63, 3.8) is 0 Å². The van der Waals surface area contributed by atoms with E-state index in [2.05, 4.69) is 10.3 Å². The van der Waals surface area contributed by atoms with E-state index in [4.69, 9.17) is 0 Å². The molecule has 0 bridgehead atoms. The minimum absolute atomic E-state index is 0.0199. The molecule has 4 heterocycles. The summed E-state index contributed by atoms with van der Waals surface area (Å²) < 4.78 is 1.78. The number of fused-ring (bicyclic) bond motifs is 1. The van der Waals surface area contributed by atoms with Crippen LogP contribution < -0.4 is 5.32 Å². The molecule has 0 fully saturated rings. The zero-order valence-corrected chi connectivity index (χ0v) is 15.6. The van der Waals surface area contributed by atoms with Gasteiger partial charge in [-0.05, 0) is 42.6 Å². The first-order valence-electron chi connectivity index (χ1n) is 8.01. The summed E-state index contributed by atoms with van der Waals surface area (Å²) in [6.45, 7) is 2.20. The summed E-state index contributed by atoms with van der Waals surface area (Å²) in [6.07, 6.45) is 1.83. The van der Waals surface area contributed by atoms with Gasteiger partial charge < -0.3 is 5.32 Å². The van der Waals surface area contributed by atoms with Gasteiger partial charge in [-0.1, -0.05) is 6.07 Å². The molecule has 0 atom stereocenters. The first-order chi connectivity index (χ1) is 12.6. The van der Waals surface area contributed by atoms with Gasteiger partial charge in [0.15, 0.2) is 0 Å². The number of pyridine rings is 1. The van der Waals surface area contributed by atoms with Gasteiger partial charge in [-0.2, -0.15) is 11.3 Å². The van der Waals surface area contributed by atoms with Crippen molar-refractivity contribution in [1.29, 1.82) is 0 Å². The normalized spacial score (nSPS) is 11.0. The van der Waals surface area contributed by atoms with E-state index in [-0.39, 0.29) is 11.7 Å². The monoisotopic (exact) mass is 381 g/mol. The third-order valence-corrected chi connectivity index (χ3v) is 5.78. The zero-order valence-electron chi connectivity index (χ0n) is 13.9. The lowest BCUT2D eigenvalue weighted by Gasteiger charge is -2.04. The van der Waals surface area contributed by atoms with Gasteiger partial charge in [0.2, 0.25) is 5.78 Å². The Morgan fingerprint density at radius 2 is 2.08 bits per heavy atom. The van der Waals surface area contributed by atoms with Crippen LogP contribution in [-0.4, -0.2) is 21.1 Å². The number of aryl methyl sites for hydroxylation is 1. The summed E-state index contributed by atoms with van der Waals surface area (Å²) in [7, 11) is 0. The van der Waals surface area contributed by atoms with Gasteiger partial charge in [-0.25, -0.2) is 4.98 Å². The van der Waals surface area contributed by atoms with E-state index in [1.165, 1.54) is 22.7 Å². The van der Waals surface area contributed by atoms with E-state index in [9.17, 15) is 9.59 Å². The highest BCUT2D eigenvalue weighted by molar-refractivity contribution is 7.14. The highest BCUT2D eigenvalue weighted by Gasteiger charge is 2.17. The van der Waals surface area contributed by atoms with Crippen LogP contribution in [0.15, 0.2) is 53.4 Å². The molecule has 1 N–H and O–H groups in total. The van der Waals surface area contributed by atoms with Gasteiger partial charge in [0.25, 0.3) is 5.91 Å². The van der Waals surface area contributed by atoms with Gasteiger partial charge in [-0.15, -0.1) is 11.3 Å². The van der Waals surface area contributed by atoms with Crippen LogP contribution in [0.25, 0.3) is 5.65 Å². The number of hydrogen-bond acceptors (Lipinski definition) is 5. The van der Waals surface area contributed by atoms with Crippen molar-refractivity contribution in [2.45, 2.75) is 13.5 Å². The molecule has 0 saturated heterocycles. The van der Waals surface area contributed by atoms with Gasteiger partial charge in [0.1, 0.15) is 11.3 Å². The molecule has 0 aliphatic carbocycles. The van der Waals surface area contributed by atoms with Crippen LogP contribution in [0.2, 0.25) is 0 Å². The zero-order chi connectivity index (χ0) is 18.1. The molecular formula is C19H15N3O2S2. The molecule has 0 aliphatic heterocycles. The smallest absolute Gasteiger partial charge is 0.270 e. The van der Waals surface area contributed by atoms with E-state index >= 15 is 0 Å². The first-order valence-corrected chi connectivity index (χ1v) is 9.77. The molecule has 0 radical (unpaired) electrons. The number of carbonyl (C=O) groups is 2. The van der Waals surface area contributed by atoms with Crippen LogP contribution in [-0.2, 0) is 6.54 Å². The Labute approximate surface area is 157 Å². The molecular weight excluding hydrogens is 366 g/mol. The Balaban J connectivity index is 1.48. The van der Waals surface area contributed by atoms with Crippen LogP contribution in [0.5, 0.6) is 0 Å². The Morgan fingerprint density at radius 1 is 1.19 bits per heavy atom. The van der Waals surface area contributed by atoms with E-state index in [1.807, 2.05) is 60.3 Å². The van der Waals surface area contributed by atoms with Crippen molar-refractivity contribution in [3.8, 4) is 0 Å². The Hall–Kier alpha value is -2.77. The quantitative estimate of drug-likeness (QED) is 0.533. The standard InChI is InChI=1S/C19H15N3O2S2/c1-12-17(22-8-3-2-4-16(22)21-12)19(24)20-10-14-5-6-15(26-14)18(23)13-7-9-25-11-13/h2-9,11H,10H2,1H3,(H,20,24). The van der Waals surface area contributed by atoms with Gasteiger partial charge in [-0.3, -0.25) is 14.0 Å². The summed E-state index contributed by atoms with van der Waals surface area (Å²) in [4.78, 5) is 31.0. The fourth-order valence-corrected chi connectivity index (χ4v) is 4.31. The lowest BCUT2D eigenvalue weighted by atomic mass is 10.2. The van der Waals surface area contributed by atoms with Crippen molar-refractivity contribution in [2.24, 2.45) is 0 Å². The molecule has 26 heavy (non-hydrogen) atoms. The molecule has 0 aliphatic rings. The highest BCUT2D eigenvalue weighted by Crippen LogP contribution is 2.21. The molecule has 0 aromatic carbocycles. The van der Waals surface area contributed by atoms with Crippen LogP contribution >= 0.6 is 22.7 Å². The summed E-state index contributed by atoms with van der Waals surface area (Å²) in [5.74, 6) is -0.160. The predicted molar refractivity (Wildman–Crippen MR) is 103 cm³/mol. The fraction of sp³-hybridized carbons (Fsp3) is 0.105. The molecule has 4 rings (SSSR count). The molecule has 0 saturated carbocycles. The first kappa shape index (κ1) is 16.7. The number of hydrogen-bond donors (Lipinski definition) is 1. The maximum absolute atomic E-state index is 12.6. The molecule has 1 amide bonds. The minimum atomic E-state index is -0.180. The predicted octanol–water partition coefficient (Wildman–Crippen LogP) is 3.93. The summed E-state index contributed by atoms with van der Waals surface area (Å²) >= 11 is 2.91. The minimum Gasteiger partial charge on any atom is -0.346 e. The van der Waals surface area contributed by atoms with E-state index < -0.39 is 0 Å². The summed E-state index contributed by atoms with van der Waals surface area (Å²) in [6, 6.07) is 11.1. The third-order valence-electron chi connectivity index (χ3n) is 4.01. The Morgan fingerprint density at radius 3 is 2.88 bits per heavy atom. The van der Waals surface area contributed by atoms with Crippen molar-refractivity contribution in [2.75, 3.05) is 0 Å². The van der Waals surface area contributed by atoms with Gasteiger partial charge in [0, 0.05) is 22.0 Å². The second kappa shape index (κ2) is 6.86. The molecule has 130 valence electrons. The van der Waals surface area contributed by atoms with Crippen molar-refractivity contribution in [3.05, 3.63) is 80.1 Å². The molecule has 0 unspecified atom stereocenters. The molecule has 4 aromatic heterocycles. The number of amides is 1. The third kappa shape index (κ3) is 3.07. The maximum atomic E-state index is 12.6. The van der Waals surface area contributed by atoms with E-state index in [0.717, 1.165) is 10.5 Å². The fourth-order valence-electron chi connectivity index (χ4n) is 2.77. The molecule has 5 nitrogen and oxygen atoms in total. The van der Waals surface area contributed by atoms with Crippen molar-refractivity contribution >= 4 is 40.0 Å². The van der Waals surface area contributed by atoms with E-state index in [1.54, 1.807) is 4.40 Å². The number of imidazole rings is 1. The number of nitrogens with one attached hydrogen (secondary N) is 1. The maximum Gasteiger partial charge on any atom is 0.270 e. The molecule has 4 aromatic rings. The summed E-state index contributed by atoms with van der Waals surface area (Å²) in [5.41, 5.74) is 2.67. The average Bonchev–Trinajstić information content (AvgIpc) is 3.37. The van der Waals surface area contributed by atoms with Gasteiger partial charge >= 0.3 is 0 Å².